The number of nitrogens with zero attached hydrogens (tertiary/aromatic N) is 1. The minimum atomic E-state index is -4.44. The highest BCUT2D eigenvalue weighted by molar-refractivity contribution is 6.34. The van der Waals surface area contributed by atoms with Gasteiger partial charge in [-0.2, -0.15) is 13.2 Å². The number of hydrogen-bond acceptors (Lipinski definition) is 3. The number of alkyl halides is 3. The average Bonchev–Trinajstić information content (AvgIpc) is 3.07. The summed E-state index contributed by atoms with van der Waals surface area (Å²) in [6.45, 7) is -1.23. The number of rotatable bonds is 4. The second-order valence-electron chi connectivity index (χ2n) is 4.68. The molecule has 0 unspecified atom stereocenters. The standard InChI is InChI=1S/C12H12ClF3N2O2/c13-9-4-6(17)3-8(11(19)20)10(9)18(7-1-2-7)5-12(14,15)16/h3-4,7H,1-2,5,17H2,(H,19,20). The van der Waals surface area contributed by atoms with Gasteiger partial charge in [0.05, 0.1) is 16.3 Å². The molecule has 0 atom stereocenters. The van der Waals surface area contributed by atoms with Crippen LogP contribution in [0.4, 0.5) is 24.5 Å². The van der Waals surface area contributed by atoms with E-state index in [2.05, 4.69) is 0 Å². The van der Waals surface area contributed by atoms with Gasteiger partial charge in [0.25, 0.3) is 0 Å². The highest BCUT2D eigenvalue weighted by atomic mass is 35.5. The number of anilines is 2. The lowest BCUT2D eigenvalue weighted by Crippen LogP contribution is -2.37. The molecule has 1 fully saturated rings. The number of aromatic carboxylic acids is 1. The summed E-state index contributed by atoms with van der Waals surface area (Å²) in [4.78, 5) is 12.2. The highest BCUT2D eigenvalue weighted by Crippen LogP contribution is 2.40. The molecule has 0 bridgehead atoms. The van der Waals surface area contributed by atoms with E-state index in [-0.39, 0.29) is 28.0 Å². The molecule has 4 nitrogen and oxygen atoms in total. The molecule has 8 heteroatoms. The number of halogens is 4. The number of benzene rings is 1. The number of nitrogens with two attached hydrogens (primary N) is 1. The van der Waals surface area contributed by atoms with Crippen molar-refractivity contribution in [2.75, 3.05) is 17.2 Å². The van der Waals surface area contributed by atoms with E-state index in [1.165, 1.54) is 6.07 Å². The van der Waals surface area contributed by atoms with E-state index in [4.69, 9.17) is 22.4 Å². The van der Waals surface area contributed by atoms with Gasteiger partial charge < -0.3 is 15.7 Å². The molecule has 0 aromatic heterocycles. The topological polar surface area (TPSA) is 66.6 Å². The molecule has 1 aliphatic carbocycles. The summed E-state index contributed by atoms with van der Waals surface area (Å²) in [6, 6.07) is 2.04. The molecule has 0 amide bonds. The minimum absolute atomic E-state index is 0.0847. The second kappa shape index (κ2) is 5.05. The Bertz CT molecular complexity index is 544. The van der Waals surface area contributed by atoms with Crippen molar-refractivity contribution in [2.24, 2.45) is 0 Å². The van der Waals surface area contributed by atoms with Gasteiger partial charge in [-0.15, -0.1) is 0 Å². The Morgan fingerprint density at radius 3 is 2.50 bits per heavy atom. The van der Waals surface area contributed by atoms with E-state index in [1.807, 2.05) is 0 Å². The molecule has 1 aromatic rings. The van der Waals surface area contributed by atoms with Crippen LogP contribution in [-0.2, 0) is 0 Å². The van der Waals surface area contributed by atoms with Crippen LogP contribution in [0.25, 0.3) is 0 Å². The van der Waals surface area contributed by atoms with Crippen molar-refractivity contribution in [1.29, 1.82) is 0 Å². The van der Waals surface area contributed by atoms with Gasteiger partial charge in [-0.25, -0.2) is 4.79 Å². The van der Waals surface area contributed by atoms with Gasteiger partial charge in [0, 0.05) is 11.7 Å². The van der Waals surface area contributed by atoms with Gasteiger partial charge in [0.2, 0.25) is 0 Å². The van der Waals surface area contributed by atoms with Gasteiger partial charge in [-0.05, 0) is 25.0 Å². The summed E-state index contributed by atoms with van der Waals surface area (Å²) < 4.78 is 38.0. The van der Waals surface area contributed by atoms with Crippen molar-refractivity contribution in [3.63, 3.8) is 0 Å². The fourth-order valence-electron chi connectivity index (χ4n) is 2.05. The summed E-state index contributed by atoms with van der Waals surface area (Å²) in [5.74, 6) is -1.36. The van der Waals surface area contributed by atoms with Gasteiger partial charge in [0.1, 0.15) is 6.54 Å². The normalized spacial score (nSPS) is 15.2. The fraction of sp³-hybridized carbons (Fsp3) is 0.417. The minimum Gasteiger partial charge on any atom is -0.478 e. The van der Waals surface area contributed by atoms with E-state index in [9.17, 15) is 18.0 Å². The summed E-state index contributed by atoms with van der Waals surface area (Å²) in [7, 11) is 0. The molecule has 1 aliphatic rings. The zero-order valence-corrected chi connectivity index (χ0v) is 11.0. The summed E-state index contributed by atoms with van der Waals surface area (Å²) >= 11 is 5.92. The number of carboxylic acids is 1. The molecule has 3 N–H and O–H groups in total. The van der Waals surface area contributed by atoms with Crippen LogP contribution >= 0.6 is 11.6 Å². The SMILES string of the molecule is Nc1cc(Cl)c(N(CC(F)(F)F)C2CC2)c(C(=O)O)c1. The van der Waals surface area contributed by atoms with Crippen molar-refractivity contribution in [3.05, 3.63) is 22.7 Å². The van der Waals surface area contributed by atoms with Gasteiger partial charge >= 0.3 is 12.1 Å². The summed E-state index contributed by atoms with van der Waals surface area (Å²) in [5, 5.41) is 9.06. The molecule has 110 valence electrons. The van der Waals surface area contributed by atoms with Crippen molar-refractivity contribution in [3.8, 4) is 0 Å². The van der Waals surface area contributed by atoms with Crippen LogP contribution in [0.3, 0.4) is 0 Å². The van der Waals surface area contributed by atoms with Crippen LogP contribution < -0.4 is 10.6 Å². The van der Waals surface area contributed by atoms with Gasteiger partial charge in [-0.3, -0.25) is 0 Å². The molecule has 0 heterocycles. The molecule has 0 radical (unpaired) electrons. The first-order valence-corrected chi connectivity index (χ1v) is 6.22. The zero-order valence-electron chi connectivity index (χ0n) is 10.2. The zero-order chi connectivity index (χ0) is 15.1. The third-order valence-electron chi connectivity index (χ3n) is 2.94. The van der Waals surface area contributed by atoms with Crippen LogP contribution in [-0.4, -0.2) is 29.8 Å². The molecule has 1 saturated carbocycles. The second-order valence-corrected chi connectivity index (χ2v) is 5.09. The van der Waals surface area contributed by atoms with E-state index in [0.29, 0.717) is 12.8 Å². The van der Waals surface area contributed by atoms with E-state index in [0.717, 1.165) is 11.0 Å². The summed E-state index contributed by atoms with van der Waals surface area (Å²) in [5.41, 5.74) is 5.16. The molecule has 0 aliphatic heterocycles. The fourth-order valence-corrected chi connectivity index (χ4v) is 2.38. The van der Waals surface area contributed by atoms with Crippen molar-refractivity contribution < 1.29 is 23.1 Å². The first-order chi connectivity index (χ1) is 9.19. The predicted octanol–water partition coefficient (Wildman–Crippen LogP) is 3.15. The molecule has 1 aromatic carbocycles. The Morgan fingerprint density at radius 2 is 2.05 bits per heavy atom. The van der Waals surface area contributed by atoms with Crippen LogP contribution in [0.2, 0.25) is 5.02 Å². The highest BCUT2D eigenvalue weighted by Gasteiger charge is 2.40. The Balaban J connectivity index is 2.50. The lowest BCUT2D eigenvalue weighted by atomic mass is 10.1. The van der Waals surface area contributed by atoms with E-state index >= 15 is 0 Å². The average molecular weight is 309 g/mol. The monoisotopic (exact) mass is 308 g/mol. The summed E-state index contributed by atoms with van der Waals surface area (Å²) in [6.07, 6.45) is -3.28. The molecule has 0 saturated heterocycles. The Kier molecular flexibility index (Phi) is 3.73. The van der Waals surface area contributed by atoms with Crippen LogP contribution in [0.1, 0.15) is 23.2 Å². The number of carbonyl (C=O) groups is 1. The number of nitrogen functional groups attached to an aromatic ring is 1. The molecule has 2 rings (SSSR count). The first-order valence-electron chi connectivity index (χ1n) is 5.85. The largest absolute Gasteiger partial charge is 0.478 e. The third kappa shape index (κ3) is 3.27. The quantitative estimate of drug-likeness (QED) is 0.839. The van der Waals surface area contributed by atoms with E-state index < -0.39 is 18.7 Å². The van der Waals surface area contributed by atoms with Crippen molar-refractivity contribution in [2.45, 2.75) is 25.1 Å². The number of carboxylic acid groups (broad SMARTS) is 1. The van der Waals surface area contributed by atoms with Crippen molar-refractivity contribution >= 4 is 28.9 Å². The molecular formula is C12H12ClF3N2O2. The molecule has 0 spiro atoms. The lowest BCUT2D eigenvalue weighted by molar-refractivity contribution is -0.120. The van der Waals surface area contributed by atoms with E-state index in [1.54, 1.807) is 0 Å². The maximum absolute atomic E-state index is 12.7. The third-order valence-corrected chi connectivity index (χ3v) is 3.23. The Labute approximate surface area is 117 Å². The smallest absolute Gasteiger partial charge is 0.405 e. The molecule has 20 heavy (non-hydrogen) atoms. The predicted molar refractivity (Wildman–Crippen MR) is 69.2 cm³/mol. The van der Waals surface area contributed by atoms with Gasteiger partial charge in [0.15, 0.2) is 0 Å². The maximum atomic E-state index is 12.7. The van der Waals surface area contributed by atoms with Crippen LogP contribution in [0, 0.1) is 0 Å². The van der Waals surface area contributed by atoms with Crippen LogP contribution in [0.5, 0.6) is 0 Å². The first kappa shape index (κ1) is 14.8. The maximum Gasteiger partial charge on any atom is 0.405 e. The van der Waals surface area contributed by atoms with Crippen molar-refractivity contribution in [1.82, 2.24) is 0 Å². The van der Waals surface area contributed by atoms with Crippen LogP contribution in [0.15, 0.2) is 12.1 Å². The Hall–Kier alpha value is -1.63. The Morgan fingerprint density at radius 1 is 1.45 bits per heavy atom. The number of hydrogen-bond donors (Lipinski definition) is 2. The molecular weight excluding hydrogens is 297 g/mol. The lowest BCUT2D eigenvalue weighted by Gasteiger charge is -2.28. The van der Waals surface area contributed by atoms with Gasteiger partial charge in [-0.1, -0.05) is 11.6 Å².